The summed E-state index contributed by atoms with van der Waals surface area (Å²) in [7, 11) is 0. The Morgan fingerprint density at radius 3 is 2.83 bits per heavy atom. The molecule has 0 radical (unpaired) electrons. The Morgan fingerprint density at radius 2 is 1.97 bits per heavy atom. The number of aromatic nitrogens is 3. The minimum atomic E-state index is -0.397. The monoisotopic (exact) mass is 439 g/mol. The van der Waals surface area contributed by atoms with Crippen LogP contribution in [0, 0.1) is 0 Å². The third kappa shape index (κ3) is 3.59. The molecule has 0 unspecified atom stereocenters. The number of ether oxygens (including phenoxy) is 1. The second kappa shape index (κ2) is 7.51. The molecular formula is C20H13N3O3S3. The lowest BCUT2D eigenvalue weighted by atomic mass is 10.3. The molecule has 0 aliphatic heterocycles. The summed E-state index contributed by atoms with van der Waals surface area (Å²) in [6, 6.07) is 13.0. The molecule has 4 aromatic heterocycles. The van der Waals surface area contributed by atoms with E-state index in [1.807, 2.05) is 47.2 Å². The average Bonchev–Trinajstić information content (AvgIpc) is 3.45. The first-order valence-corrected chi connectivity index (χ1v) is 11.3. The highest BCUT2D eigenvalue weighted by atomic mass is 32.1. The number of fused-ring (bicyclic) bond motifs is 3. The molecule has 0 saturated carbocycles. The van der Waals surface area contributed by atoms with Gasteiger partial charge in [0.25, 0.3) is 5.56 Å². The van der Waals surface area contributed by atoms with Gasteiger partial charge in [-0.25, -0.2) is 9.97 Å². The molecule has 5 rings (SSSR count). The molecule has 5 aromatic rings. The van der Waals surface area contributed by atoms with Crippen molar-refractivity contribution in [2.75, 3.05) is 0 Å². The fraction of sp³-hybridized carbons (Fsp3) is 0.100. The Bertz CT molecular complexity index is 1380. The molecule has 0 bridgehead atoms. The van der Waals surface area contributed by atoms with Crippen LogP contribution in [0.25, 0.3) is 25.1 Å². The molecule has 6 nitrogen and oxygen atoms in total. The molecule has 0 N–H and O–H groups in total. The zero-order chi connectivity index (χ0) is 19.8. The van der Waals surface area contributed by atoms with Crippen molar-refractivity contribution in [2.45, 2.75) is 13.0 Å². The highest BCUT2D eigenvalue weighted by Crippen LogP contribution is 2.28. The van der Waals surface area contributed by atoms with Crippen LogP contribution in [0.5, 0.6) is 0 Å². The van der Waals surface area contributed by atoms with Crippen LogP contribution in [-0.2, 0) is 22.6 Å². The first-order chi connectivity index (χ1) is 14.2. The van der Waals surface area contributed by atoms with E-state index < -0.39 is 5.97 Å². The van der Waals surface area contributed by atoms with E-state index in [0.717, 1.165) is 20.1 Å². The van der Waals surface area contributed by atoms with Gasteiger partial charge in [-0.15, -0.1) is 22.7 Å². The molecule has 0 saturated heterocycles. The van der Waals surface area contributed by atoms with Crippen LogP contribution in [0.15, 0.2) is 58.0 Å². The number of esters is 1. The van der Waals surface area contributed by atoms with Gasteiger partial charge in [-0.05, 0) is 23.6 Å². The van der Waals surface area contributed by atoms with Gasteiger partial charge in [-0.1, -0.05) is 29.5 Å². The van der Waals surface area contributed by atoms with Gasteiger partial charge in [0.05, 0.1) is 32.9 Å². The van der Waals surface area contributed by atoms with E-state index in [0.29, 0.717) is 16.3 Å². The van der Waals surface area contributed by atoms with E-state index in [9.17, 15) is 9.59 Å². The van der Waals surface area contributed by atoms with Crippen molar-refractivity contribution in [1.82, 2.24) is 14.4 Å². The summed E-state index contributed by atoms with van der Waals surface area (Å²) in [6.45, 7) is -0.0409. The van der Waals surface area contributed by atoms with E-state index in [1.54, 1.807) is 15.7 Å². The second-order valence-corrected chi connectivity index (χ2v) is 9.05. The van der Waals surface area contributed by atoms with Crippen LogP contribution in [0.1, 0.15) is 11.4 Å². The maximum atomic E-state index is 12.5. The molecule has 0 aliphatic carbocycles. The quantitative estimate of drug-likeness (QED) is 0.380. The van der Waals surface area contributed by atoms with Crippen LogP contribution in [-0.4, -0.2) is 20.3 Å². The van der Waals surface area contributed by atoms with Crippen molar-refractivity contribution in [3.63, 3.8) is 0 Å². The number of carbonyl (C=O) groups excluding carboxylic acids is 1. The molecule has 29 heavy (non-hydrogen) atoms. The number of thiazole rings is 2. The fourth-order valence-electron chi connectivity index (χ4n) is 2.95. The van der Waals surface area contributed by atoms with Gasteiger partial charge in [0, 0.05) is 11.4 Å². The first kappa shape index (κ1) is 18.2. The molecule has 9 heteroatoms. The third-order valence-corrected chi connectivity index (χ3v) is 7.19. The van der Waals surface area contributed by atoms with Crippen LogP contribution in [0.3, 0.4) is 0 Å². The molecule has 144 valence electrons. The van der Waals surface area contributed by atoms with Crippen molar-refractivity contribution < 1.29 is 9.53 Å². The third-order valence-electron chi connectivity index (χ3n) is 4.24. The lowest BCUT2D eigenvalue weighted by Gasteiger charge is -2.04. The summed E-state index contributed by atoms with van der Waals surface area (Å²) in [4.78, 5) is 35.4. The van der Waals surface area contributed by atoms with Crippen molar-refractivity contribution in [1.29, 1.82) is 0 Å². The lowest BCUT2D eigenvalue weighted by Crippen LogP contribution is -2.15. The number of hydrogen-bond acceptors (Lipinski definition) is 8. The summed E-state index contributed by atoms with van der Waals surface area (Å²) in [5.41, 5.74) is 1.76. The number of thiophene rings is 1. The minimum absolute atomic E-state index is 0.0409. The van der Waals surface area contributed by atoms with Crippen molar-refractivity contribution in [3.8, 4) is 9.88 Å². The SMILES string of the molecule is O=C(Cc1csc(-c2cccs2)n1)OCc1cc(=O)n2c(n1)sc1ccccc12. The van der Waals surface area contributed by atoms with Gasteiger partial charge in [0.1, 0.15) is 11.6 Å². The molecule has 0 amide bonds. The summed E-state index contributed by atoms with van der Waals surface area (Å²) >= 11 is 4.55. The van der Waals surface area contributed by atoms with Gasteiger partial charge < -0.3 is 4.74 Å². The van der Waals surface area contributed by atoms with Gasteiger partial charge in [0.2, 0.25) is 0 Å². The maximum absolute atomic E-state index is 12.5. The van der Waals surface area contributed by atoms with E-state index in [4.69, 9.17) is 4.74 Å². The van der Waals surface area contributed by atoms with Crippen molar-refractivity contribution in [2.24, 2.45) is 0 Å². The van der Waals surface area contributed by atoms with Crippen LogP contribution < -0.4 is 5.56 Å². The summed E-state index contributed by atoms with van der Waals surface area (Å²) < 4.78 is 7.89. The van der Waals surface area contributed by atoms with Crippen molar-refractivity contribution in [3.05, 3.63) is 75.0 Å². The van der Waals surface area contributed by atoms with E-state index >= 15 is 0 Å². The maximum Gasteiger partial charge on any atom is 0.312 e. The number of rotatable bonds is 5. The lowest BCUT2D eigenvalue weighted by molar-refractivity contribution is -0.144. The largest absolute Gasteiger partial charge is 0.459 e. The summed E-state index contributed by atoms with van der Waals surface area (Å²) in [5.74, 6) is -0.397. The number of benzene rings is 1. The fourth-order valence-corrected chi connectivity index (χ4v) is 5.64. The zero-order valence-corrected chi connectivity index (χ0v) is 17.4. The smallest absolute Gasteiger partial charge is 0.312 e. The van der Waals surface area contributed by atoms with Gasteiger partial charge in [0.15, 0.2) is 4.96 Å². The topological polar surface area (TPSA) is 73.6 Å². The predicted molar refractivity (Wildman–Crippen MR) is 116 cm³/mol. The molecule has 0 fully saturated rings. The minimum Gasteiger partial charge on any atom is -0.459 e. The highest BCUT2D eigenvalue weighted by molar-refractivity contribution is 7.23. The molecule has 1 aromatic carbocycles. The standard InChI is InChI=1S/C20H13N3O3S3/c24-17-8-12(22-20-23(17)14-4-1-2-5-15(14)29-20)10-26-18(25)9-13-11-28-19(21-13)16-6-3-7-27-16/h1-8,11H,9-10H2. The van der Waals surface area contributed by atoms with Crippen LogP contribution in [0.2, 0.25) is 0 Å². The van der Waals surface area contributed by atoms with Crippen LogP contribution in [0.4, 0.5) is 0 Å². The normalized spacial score (nSPS) is 11.3. The Morgan fingerprint density at radius 1 is 1.07 bits per heavy atom. The number of carbonyl (C=O) groups is 1. The van der Waals surface area contributed by atoms with Crippen molar-refractivity contribution >= 4 is 55.2 Å². The van der Waals surface area contributed by atoms with Gasteiger partial charge in [-0.2, -0.15) is 0 Å². The molecule has 4 heterocycles. The Kier molecular flexibility index (Phi) is 4.70. The molecule has 0 atom stereocenters. The average molecular weight is 440 g/mol. The zero-order valence-electron chi connectivity index (χ0n) is 14.9. The number of hydrogen-bond donors (Lipinski definition) is 0. The number of para-hydroxylation sites is 1. The summed E-state index contributed by atoms with van der Waals surface area (Å²) in [6.07, 6.45) is 0.0893. The van der Waals surface area contributed by atoms with Gasteiger partial charge in [-0.3, -0.25) is 14.0 Å². The predicted octanol–water partition coefficient (Wildman–Crippen LogP) is 4.38. The Balaban J connectivity index is 1.29. The first-order valence-electron chi connectivity index (χ1n) is 8.71. The van der Waals surface area contributed by atoms with E-state index in [1.165, 1.54) is 28.7 Å². The van der Waals surface area contributed by atoms with Gasteiger partial charge >= 0.3 is 5.97 Å². The molecular weight excluding hydrogens is 426 g/mol. The van der Waals surface area contributed by atoms with Crippen LogP contribution >= 0.6 is 34.0 Å². The Labute approximate surface area is 176 Å². The van der Waals surface area contributed by atoms with E-state index in [-0.39, 0.29) is 18.6 Å². The molecule has 0 aliphatic rings. The molecule has 0 spiro atoms. The highest BCUT2D eigenvalue weighted by Gasteiger charge is 2.13. The Hall–Kier alpha value is -2.88. The summed E-state index contributed by atoms with van der Waals surface area (Å²) in [5, 5.41) is 4.75. The van der Waals surface area contributed by atoms with E-state index in [2.05, 4.69) is 9.97 Å². The second-order valence-electron chi connectivity index (χ2n) is 6.23. The number of nitrogens with zero attached hydrogens (tertiary/aromatic N) is 3.